The van der Waals surface area contributed by atoms with Gasteiger partial charge in [0.2, 0.25) is 0 Å². The molecule has 3 aromatic rings. The molecule has 1 saturated heterocycles. The van der Waals surface area contributed by atoms with Crippen molar-refractivity contribution in [3.05, 3.63) is 78.0 Å². The molecule has 1 N–H and O–H groups in total. The highest BCUT2D eigenvalue weighted by Crippen LogP contribution is 2.39. The summed E-state index contributed by atoms with van der Waals surface area (Å²) < 4.78 is 2.14. The van der Waals surface area contributed by atoms with Crippen molar-refractivity contribution < 1.29 is 0 Å². The number of aryl methyl sites for hydroxylation is 1. The van der Waals surface area contributed by atoms with Crippen LogP contribution in [0, 0.1) is 6.92 Å². The Kier molecular flexibility index (Phi) is 4.42. The number of rotatable bonds is 4. The van der Waals surface area contributed by atoms with Gasteiger partial charge in [-0.15, -0.1) is 0 Å². The molecule has 0 radical (unpaired) electrons. The van der Waals surface area contributed by atoms with Crippen LogP contribution in [0.3, 0.4) is 0 Å². The minimum atomic E-state index is 0.00254. The van der Waals surface area contributed by atoms with Crippen LogP contribution in [0.4, 0.5) is 0 Å². The molecule has 1 aliphatic heterocycles. The Morgan fingerprint density at radius 1 is 1.12 bits per heavy atom. The van der Waals surface area contributed by atoms with Crippen LogP contribution in [0.2, 0.25) is 0 Å². The van der Waals surface area contributed by atoms with E-state index >= 15 is 0 Å². The first-order valence-electron chi connectivity index (χ1n) is 8.77. The molecule has 0 amide bonds. The molecule has 0 unspecified atom stereocenters. The molecule has 1 fully saturated rings. The van der Waals surface area contributed by atoms with Crippen LogP contribution in [0.25, 0.3) is 5.82 Å². The molecule has 132 valence electrons. The Balaban J connectivity index is 1.80. The minimum absolute atomic E-state index is 0.00254. The largest absolute Gasteiger partial charge is 0.352 e. The third-order valence-corrected chi connectivity index (χ3v) is 5.12. The topological polar surface area (TPSA) is 46.0 Å². The zero-order valence-electron chi connectivity index (χ0n) is 14.8. The fourth-order valence-corrected chi connectivity index (χ4v) is 3.88. The zero-order chi connectivity index (χ0) is 18.1. The molecule has 0 aromatic carbocycles. The van der Waals surface area contributed by atoms with Gasteiger partial charge in [-0.2, -0.15) is 0 Å². The lowest BCUT2D eigenvalue weighted by Gasteiger charge is -2.27. The molecule has 0 bridgehead atoms. The number of nitrogens with one attached hydrogen (secondary N) is 1. The number of hydrogen-bond acceptors (Lipinski definition) is 3. The van der Waals surface area contributed by atoms with Crippen molar-refractivity contribution in [1.82, 2.24) is 24.8 Å². The van der Waals surface area contributed by atoms with Gasteiger partial charge >= 0.3 is 0 Å². The van der Waals surface area contributed by atoms with E-state index in [0.29, 0.717) is 0 Å². The average Bonchev–Trinajstić information content (AvgIpc) is 3.27. The molecule has 26 heavy (non-hydrogen) atoms. The van der Waals surface area contributed by atoms with E-state index in [0.717, 1.165) is 34.4 Å². The van der Waals surface area contributed by atoms with Crippen LogP contribution in [0.1, 0.15) is 36.0 Å². The van der Waals surface area contributed by atoms with Crippen LogP contribution in [0.15, 0.2) is 61.1 Å². The van der Waals surface area contributed by atoms with Crippen molar-refractivity contribution in [3.8, 4) is 5.82 Å². The van der Waals surface area contributed by atoms with E-state index in [-0.39, 0.29) is 12.1 Å². The average molecular weight is 363 g/mol. The van der Waals surface area contributed by atoms with E-state index in [1.54, 1.807) is 0 Å². The van der Waals surface area contributed by atoms with Gasteiger partial charge in [-0.25, -0.2) is 4.98 Å². The van der Waals surface area contributed by atoms with Gasteiger partial charge in [-0.05, 0) is 62.0 Å². The number of likely N-dealkylation sites (N-methyl/N-ethyl adjacent to an activating group) is 1. The maximum Gasteiger partial charge on any atom is 0.170 e. The molecule has 5 nitrogen and oxygen atoms in total. The number of hydrogen-bond donors (Lipinski definition) is 1. The first-order chi connectivity index (χ1) is 12.7. The fourth-order valence-electron chi connectivity index (χ4n) is 3.51. The Bertz CT molecular complexity index is 903. The highest BCUT2D eigenvalue weighted by atomic mass is 32.1. The first-order valence-corrected chi connectivity index (χ1v) is 9.18. The van der Waals surface area contributed by atoms with Crippen molar-refractivity contribution in [2.75, 3.05) is 6.54 Å². The van der Waals surface area contributed by atoms with E-state index in [9.17, 15) is 0 Å². The van der Waals surface area contributed by atoms with Gasteiger partial charge in [0, 0.05) is 30.8 Å². The predicted octanol–water partition coefficient (Wildman–Crippen LogP) is 3.57. The summed E-state index contributed by atoms with van der Waals surface area (Å²) in [6, 6.07) is 14.4. The van der Waals surface area contributed by atoms with Crippen LogP contribution in [-0.2, 0) is 0 Å². The minimum Gasteiger partial charge on any atom is -0.352 e. The summed E-state index contributed by atoms with van der Waals surface area (Å²) in [5.74, 6) is 0.907. The van der Waals surface area contributed by atoms with Gasteiger partial charge in [-0.1, -0.05) is 12.1 Å². The Morgan fingerprint density at radius 2 is 2.00 bits per heavy atom. The lowest BCUT2D eigenvalue weighted by Crippen LogP contribution is -2.30. The molecule has 2 atom stereocenters. The SMILES string of the molecule is CCN1C(=S)N[C@@H](c2ccccn2)[C@@H]1c1cccn1-c1ccc(C)cn1. The molecule has 0 spiro atoms. The van der Waals surface area contributed by atoms with E-state index in [2.05, 4.69) is 56.1 Å². The maximum atomic E-state index is 5.61. The van der Waals surface area contributed by atoms with Gasteiger partial charge in [-0.3, -0.25) is 4.98 Å². The van der Waals surface area contributed by atoms with Gasteiger partial charge in [0.15, 0.2) is 5.11 Å². The summed E-state index contributed by atoms with van der Waals surface area (Å²) in [5.41, 5.74) is 3.28. The van der Waals surface area contributed by atoms with Crippen LogP contribution in [-0.4, -0.2) is 31.1 Å². The Hall–Kier alpha value is -2.73. The lowest BCUT2D eigenvalue weighted by molar-refractivity contribution is 0.321. The second-order valence-electron chi connectivity index (χ2n) is 6.41. The standard InChI is InChI=1S/C20H21N5S/c1-3-24-19(18(23-20(24)26)15-7-4-5-11-21-15)16-8-6-12-25(16)17-10-9-14(2)13-22-17/h4-13,18-19H,3H2,1-2H3,(H,23,26)/t18-,19-/m0/s1. The molecule has 4 rings (SSSR count). The Morgan fingerprint density at radius 3 is 2.69 bits per heavy atom. The summed E-state index contributed by atoms with van der Waals surface area (Å²) in [7, 11) is 0. The number of pyridine rings is 2. The maximum absolute atomic E-state index is 5.61. The summed E-state index contributed by atoms with van der Waals surface area (Å²) >= 11 is 5.61. The van der Waals surface area contributed by atoms with Crippen molar-refractivity contribution in [3.63, 3.8) is 0 Å². The second kappa shape index (κ2) is 6.88. The molecule has 6 heteroatoms. The summed E-state index contributed by atoms with van der Waals surface area (Å²) in [4.78, 5) is 11.4. The first kappa shape index (κ1) is 16.7. The fraction of sp³-hybridized carbons (Fsp3) is 0.250. The highest BCUT2D eigenvalue weighted by Gasteiger charge is 2.40. The monoisotopic (exact) mass is 363 g/mol. The quantitative estimate of drug-likeness (QED) is 0.718. The zero-order valence-corrected chi connectivity index (χ0v) is 15.6. The van der Waals surface area contributed by atoms with Crippen LogP contribution >= 0.6 is 12.2 Å². The molecular weight excluding hydrogens is 342 g/mol. The molecule has 0 aliphatic carbocycles. The second-order valence-corrected chi connectivity index (χ2v) is 6.80. The molecular formula is C20H21N5S. The number of thiocarbonyl (C=S) groups is 1. The van der Waals surface area contributed by atoms with Gasteiger partial charge in [0.05, 0.1) is 17.8 Å². The van der Waals surface area contributed by atoms with Crippen molar-refractivity contribution in [1.29, 1.82) is 0 Å². The molecule has 4 heterocycles. The van der Waals surface area contributed by atoms with E-state index in [4.69, 9.17) is 12.2 Å². The van der Waals surface area contributed by atoms with Gasteiger partial charge < -0.3 is 14.8 Å². The van der Waals surface area contributed by atoms with E-state index < -0.39 is 0 Å². The van der Waals surface area contributed by atoms with Crippen molar-refractivity contribution >= 4 is 17.3 Å². The third kappa shape index (κ3) is 2.86. The predicted molar refractivity (Wildman–Crippen MR) is 106 cm³/mol. The summed E-state index contributed by atoms with van der Waals surface area (Å²) in [6.45, 7) is 4.99. The smallest absolute Gasteiger partial charge is 0.170 e. The molecule has 1 aliphatic rings. The van der Waals surface area contributed by atoms with Crippen molar-refractivity contribution in [2.24, 2.45) is 0 Å². The van der Waals surface area contributed by atoms with Crippen LogP contribution < -0.4 is 5.32 Å². The van der Waals surface area contributed by atoms with E-state index in [1.165, 1.54) is 0 Å². The number of aromatic nitrogens is 3. The highest BCUT2D eigenvalue weighted by molar-refractivity contribution is 7.80. The summed E-state index contributed by atoms with van der Waals surface area (Å²) in [5, 5.41) is 4.22. The Labute approximate surface area is 158 Å². The van der Waals surface area contributed by atoms with Crippen LogP contribution in [0.5, 0.6) is 0 Å². The normalized spacial score (nSPS) is 19.6. The van der Waals surface area contributed by atoms with Gasteiger partial charge in [0.25, 0.3) is 0 Å². The molecule has 3 aromatic heterocycles. The third-order valence-electron chi connectivity index (χ3n) is 4.76. The van der Waals surface area contributed by atoms with Gasteiger partial charge in [0.1, 0.15) is 5.82 Å². The number of nitrogens with zero attached hydrogens (tertiary/aromatic N) is 4. The molecule has 0 saturated carbocycles. The summed E-state index contributed by atoms with van der Waals surface area (Å²) in [6.07, 6.45) is 5.77. The van der Waals surface area contributed by atoms with E-state index in [1.807, 2.05) is 43.6 Å². The lowest BCUT2D eigenvalue weighted by atomic mass is 10.0. The van der Waals surface area contributed by atoms with Crippen molar-refractivity contribution in [2.45, 2.75) is 25.9 Å².